The van der Waals surface area contributed by atoms with Gasteiger partial charge < -0.3 is 20.1 Å². The fraction of sp³-hybridized carbons (Fsp3) is 0.333. The smallest absolute Gasteiger partial charge is 0.231 e. The normalized spacial score (nSPS) is 12.5. The van der Waals surface area contributed by atoms with E-state index in [-0.39, 0.29) is 43.1 Å². The maximum absolute atomic E-state index is 13.6. The largest absolute Gasteiger partial charge is 0.454 e. The van der Waals surface area contributed by atoms with Crippen LogP contribution in [0.1, 0.15) is 18.2 Å². The summed E-state index contributed by atoms with van der Waals surface area (Å²) in [5.41, 5.74) is 1.47. The van der Waals surface area contributed by atoms with Crippen LogP contribution in [-0.4, -0.2) is 30.8 Å². The number of hydrogen-bond acceptors (Lipinski definition) is 4. The van der Waals surface area contributed by atoms with Crippen LogP contribution in [0.4, 0.5) is 4.39 Å². The molecule has 0 aliphatic carbocycles. The topological polar surface area (TPSA) is 67.8 Å². The molecule has 2 aromatic rings. The maximum Gasteiger partial charge on any atom is 0.231 e. The summed E-state index contributed by atoms with van der Waals surface area (Å²) in [7, 11) is 0. The number of hydrogen-bond donors (Lipinski definition) is 2. The first-order chi connectivity index (χ1) is 12.3. The van der Waals surface area contributed by atoms with E-state index in [0.29, 0.717) is 18.2 Å². The van der Waals surface area contributed by atoms with Gasteiger partial charge in [-0.15, -0.1) is 24.0 Å². The van der Waals surface area contributed by atoms with Crippen LogP contribution in [0.3, 0.4) is 0 Å². The molecule has 0 bridgehead atoms. The summed E-state index contributed by atoms with van der Waals surface area (Å²) in [4.78, 5) is 8.39. The molecule has 6 nitrogen and oxygen atoms in total. The summed E-state index contributed by atoms with van der Waals surface area (Å²) in [6.45, 7) is 3.86. The van der Waals surface area contributed by atoms with Crippen molar-refractivity contribution < 1.29 is 13.9 Å². The van der Waals surface area contributed by atoms with E-state index in [1.165, 1.54) is 6.07 Å². The second kappa shape index (κ2) is 10.1. The van der Waals surface area contributed by atoms with E-state index in [0.717, 1.165) is 30.0 Å². The number of aromatic nitrogens is 1. The monoisotopic (exact) mass is 472 g/mol. The van der Waals surface area contributed by atoms with Crippen molar-refractivity contribution >= 4 is 29.9 Å². The zero-order chi connectivity index (χ0) is 17.5. The van der Waals surface area contributed by atoms with Gasteiger partial charge in [0.15, 0.2) is 17.5 Å². The molecule has 3 rings (SSSR count). The predicted octanol–water partition coefficient (Wildman–Crippen LogP) is 2.87. The van der Waals surface area contributed by atoms with E-state index in [4.69, 9.17) is 9.47 Å². The Labute approximate surface area is 169 Å². The van der Waals surface area contributed by atoms with Gasteiger partial charge in [-0.2, -0.15) is 0 Å². The molecule has 1 aromatic heterocycles. The van der Waals surface area contributed by atoms with Gasteiger partial charge in [0, 0.05) is 19.3 Å². The summed E-state index contributed by atoms with van der Waals surface area (Å²) < 4.78 is 24.3. The van der Waals surface area contributed by atoms with E-state index in [9.17, 15) is 4.39 Å². The Morgan fingerprint density at radius 3 is 2.88 bits per heavy atom. The van der Waals surface area contributed by atoms with Crippen LogP contribution in [0.15, 0.2) is 41.5 Å². The van der Waals surface area contributed by atoms with Gasteiger partial charge in [0.05, 0.1) is 12.2 Å². The van der Waals surface area contributed by atoms with Gasteiger partial charge in [-0.05, 0) is 43.2 Å². The number of halogens is 2. The second-order valence-corrected chi connectivity index (χ2v) is 5.49. The third kappa shape index (κ3) is 5.45. The number of benzene rings is 1. The van der Waals surface area contributed by atoms with E-state index in [1.807, 2.05) is 25.1 Å². The van der Waals surface area contributed by atoms with Crippen molar-refractivity contribution in [3.05, 3.63) is 53.6 Å². The molecule has 1 aromatic carbocycles. The van der Waals surface area contributed by atoms with E-state index in [1.54, 1.807) is 12.3 Å². The van der Waals surface area contributed by atoms with Crippen molar-refractivity contribution in [2.45, 2.75) is 19.9 Å². The van der Waals surface area contributed by atoms with Gasteiger partial charge in [0.2, 0.25) is 6.79 Å². The Bertz CT molecular complexity index is 758. The zero-order valence-electron chi connectivity index (χ0n) is 14.5. The van der Waals surface area contributed by atoms with Crippen molar-refractivity contribution in [1.29, 1.82) is 0 Å². The van der Waals surface area contributed by atoms with E-state index < -0.39 is 0 Å². The molecule has 140 valence electrons. The molecule has 0 atom stereocenters. The van der Waals surface area contributed by atoms with Crippen LogP contribution >= 0.6 is 24.0 Å². The predicted molar refractivity (Wildman–Crippen MR) is 109 cm³/mol. The Kier molecular flexibility index (Phi) is 7.89. The molecule has 1 aliphatic rings. The Balaban J connectivity index is 0.00000243. The summed E-state index contributed by atoms with van der Waals surface area (Å²) in [5.74, 6) is 1.85. The zero-order valence-corrected chi connectivity index (χ0v) is 16.8. The third-order valence-corrected chi connectivity index (χ3v) is 3.71. The maximum atomic E-state index is 13.6. The molecular formula is C18H22FIN4O2. The molecule has 0 fully saturated rings. The SMILES string of the molecule is CCNC(=NCc1ncccc1F)NCCc1ccc2c(c1)OCO2.I. The van der Waals surface area contributed by atoms with Gasteiger partial charge >= 0.3 is 0 Å². The molecule has 26 heavy (non-hydrogen) atoms. The molecule has 0 unspecified atom stereocenters. The van der Waals surface area contributed by atoms with Crippen LogP contribution in [0.25, 0.3) is 0 Å². The van der Waals surface area contributed by atoms with Gasteiger partial charge in [0.25, 0.3) is 0 Å². The van der Waals surface area contributed by atoms with Crippen molar-refractivity contribution in [3.63, 3.8) is 0 Å². The van der Waals surface area contributed by atoms with Crippen LogP contribution < -0.4 is 20.1 Å². The fourth-order valence-corrected chi connectivity index (χ4v) is 2.45. The van der Waals surface area contributed by atoms with Crippen LogP contribution in [0.2, 0.25) is 0 Å². The number of pyridine rings is 1. The van der Waals surface area contributed by atoms with E-state index >= 15 is 0 Å². The molecule has 0 spiro atoms. The molecule has 0 saturated carbocycles. The van der Waals surface area contributed by atoms with Crippen LogP contribution in [-0.2, 0) is 13.0 Å². The molecular weight excluding hydrogens is 450 g/mol. The number of fused-ring (bicyclic) bond motifs is 1. The lowest BCUT2D eigenvalue weighted by Crippen LogP contribution is -2.38. The minimum atomic E-state index is -0.345. The molecule has 0 saturated heterocycles. The average molecular weight is 472 g/mol. The lowest BCUT2D eigenvalue weighted by atomic mass is 10.1. The molecule has 8 heteroatoms. The molecule has 2 N–H and O–H groups in total. The Morgan fingerprint density at radius 2 is 2.08 bits per heavy atom. The average Bonchev–Trinajstić information content (AvgIpc) is 3.08. The lowest BCUT2D eigenvalue weighted by molar-refractivity contribution is 0.174. The van der Waals surface area contributed by atoms with Gasteiger partial charge in [-0.3, -0.25) is 4.98 Å². The fourth-order valence-electron chi connectivity index (χ4n) is 2.45. The number of rotatable bonds is 6. The van der Waals surface area contributed by atoms with E-state index in [2.05, 4.69) is 20.6 Å². The Hall–Kier alpha value is -2.10. The minimum absolute atomic E-state index is 0. The lowest BCUT2D eigenvalue weighted by Gasteiger charge is -2.11. The highest BCUT2D eigenvalue weighted by Crippen LogP contribution is 2.32. The highest BCUT2D eigenvalue weighted by atomic mass is 127. The first-order valence-corrected chi connectivity index (χ1v) is 8.26. The summed E-state index contributed by atoms with van der Waals surface area (Å²) >= 11 is 0. The highest BCUT2D eigenvalue weighted by molar-refractivity contribution is 14.0. The molecule has 1 aliphatic heterocycles. The van der Waals surface area contributed by atoms with Gasteiger partial charge in [-0.1, -0.05) is 6.07 Å². The van der Waals surface area contributed by atoms with Crippen molar-refractivity contribution in [1.82, 2.24) is 15.6 Å². The second-order valence-electron chi connectivity index (χ2n) is 5.49. The summed E-state index contributed by atoms with van der Waals surface area (Å²) in [6, 6.07) is 8.87. The quantitative estimate of drug-likeness (QED) is 0.385. The number of nitrogens with one attached hydrogen (secondary N) is 2. The van der Waals surface area contributed by atoms with Crippen molar-refractivity contribution in [3.8, 4) is 11.5 Å². The Morgan fingerprint density at radius 1 is 1.23 bits per heavy atom. The molecule has 0 radical (unpaired) electrons. The summed E-state index contributed by atoms with van der Waals surface area (Å²) in [6.07, 6.45) is 2.37. The number of guanidine groups is 1. The third-order valence-electron chi connectivity index (χ3n) is 3.71. The number of nitrogens with zero attached hydrogens (tertiary/aromatic N) is 2. The number of ether oxygens (including phenoxy) is 2. The summed E-state index contributed by atoms with van der Waals surface area (Å²) in [5, 5.41) is 6.39. The molecule has 0 amide bonds. The van der Waals surface area contributed by atoms with Crippen molar-refractivity contribution in [2.75, 3.05) is 19.9 Å². The van der Waals surface area contributed by atoms with Crippen molar-refractivity contribution in [2.24, 2.45) is 4.99 Å². The highest BCUT2D eigenvalue weighted by Gasteiger charge is 2.13. The number of aliphatic imine (C=N–C) groups is 1. The standard InChI is InChI=1S/C18H21FN4O2.HI/c1-2-20-18(23-11-15-14(19)4-3-8-21-15)22-9-7-13-5-6-16-17(10-13)25-12-24-16;/h3-6,8,10H,2,7,9,11-12H2,1H3,(H2,20,22,23);1H. The van der Waals surface area contributed by atoms with Gasteiger partial charge in [-0.25, -0.2) is 9.38 Å². The van der Waals surface area contributed by atoms with Crippen LogP contribution in [0.5, 0.6) is 11.5 Å². The van der Waals surface area contributed by atoms with Crippen LogP contribution in [0, 0.1) is 5.82 Å². The van der Waals surface area contributed by atoms with Gasteiger partial charge in [0.1, 0.15) is 5.82 Å². The minimum Gasteiger partial charge on any atom is -0.454 e. The first-order valence-electron chi connectivity index (χ1n) is 8.26. The molecule has 2 heterocycles. The first kappa shape index (κ1) is 20.2.